The van der Waals surface area contributed by atoms with Crippen LogP contribution in [-0.2, 0) is 13.0 Å². The molecule has 1 fully saturated rings. The molecular weight excluding hydrogens is 280 g/mol. The Bertz CT molecular complexity index is 675. The van der Waals surface area contributed by atoms with E-state index in [-0.39, 0.29) is 0 Å². The van der Waals surface area contributed by atoms with Crippen molar-refractivity contribution in [2.75, 3.05) is 11.4 Å². The van der Waals surface area contributed by atoms with Gasteiger partial charge in [-0.05, 0) is 36.8 Å². The Hall–Kier alpha value is -1.68. The van der Waals surface area contributed by atoms with E-state index in [1.807, 2.05) is 0 Å². The van der Waals surface area contributed by atoms with Crippen molar-refractivity contribution in [3.05, 3.63) is 46.0 Å². The first kappa shape index (κ1) is 13.0. The van der Waals surface area contributed by atoms with Crippen LogP contribution in [0.15, 0.2) is 24.3 Å². The minimum Gasteiger partial charge on any atom is -0.344 e. The summed E-state index contributed by atoms with van der Waals surface area (Å²) in [5, 5.41) is 1.02. The van der Waals surface area contributed by atoms with Crippen molar-refractivity contribution in [1.29, 1.82) is 0 Å². The fraction of sp³-hybridized carbons (Fsp3) is 0.412. The number of aromatic nitrogens is 1. The Morgan fingerprint density at radius 2 is 2.05 bits per heavy atom. The van der Waals surface area contributed by atoms with Gasteiger partial charge >= 0.3 is 0 Å². The molecule has 0 radical (unpaired) electrons. The summed E-state index contributed by atoms with van der Waals surface area (Å²) in [6.45, 7) is 1.93. The topological polar surface area (TPSA) is 33.2 Å². The van der Waals surface area contributed by atoms with E-state index < -0.39 is 0 Å². The van der Waals surface area contributed by atoms with Gasteiger partial charge in [-0.1, -0.05) is 35.6 Å². The molecule has 0 atom stereocenters. The monoisotopic (exact) mass is 298 g/mol. The SMILES string of the molecule is O=Cc1sc(N2CCCc3ccccc3C2)nc1C1CC1. The van der Waals surface area contributed by atoms with Gasteiger partial charge < -0.3 is 4.90 Å². The Morgan fingerprint density at radius 3 is 2.81 bits per heavy atom. The molecule has 2 aromatic rings. The van der Waals surface area contributed by atoms with Crippen molar-refractivity contribution in [3.63, 3.8) is 0 Å². The largest absolute Gasteiger partial charge is 0.344 e. The lowest BCUT2D eigenvalue weighted by molar-refractivity contribution is 0.112. The van der Waals surface area contributed by atoms with E-state index in [0.717, 1.165) is 47.9 Å². The van der Waals surface area contributed by atoms with Gasteiger partial charge in [0.15, 0.2) is 11.4 Å². The number of aryl methyl sites for hydroxylation is 1. The van der Waals surface area contributed by atoms with Gasteiger partial charge in [-0.25, -0.2) is 4.98 Å². The molecule has 0 unspecified atom stereocenters. The summed E-state index contributed by atoms with van der Waals surface area (Å²) in [7, 11) is 0. The molecule has 1 saturated carbocycles. The molecule has 4 heteroatoms. The zero-order chi connectivity index (χ0) is 14.2. The molecular formula is C17H18N2OS. The minimum atomic E-state index is 0.537. The molecule has 2 heterocycles. The molecule has 1 aliphatic heterocycles. The number of hydrogen-bond acceptors (Lipinski definition) is 4. The summed E-state index contributed by atoms with van der Waals surface area (Å²) in [4.78, 5) is 19.2. The number of fused-ring (bicyclic) bond motifs is 1. The Balaban J connectivity index is 1.65. The lowest BCUT2D eigenvalue weighted by Crippen LogP contribution is -2.22. The van der Waals surface area contributed by atoms with Crippen molar-refractivity contribution in [2.24, 2.45) is 0 Å². The third kappa shape index (κ3) is 2.48. The number of rotatable bonds is 3. The summed E-state index contributed by atoms with van der Waals surface area (Å²) in [5.74, 6) is 0.537. The Kier molecular flexibility index (Phi) is 3.26. The molecule has 1 aromatic carbocycles. The molecule has 1 aromatic heterocycles. The van der Waals surface area contributed by atoms with Gasteiger partial charge in [0.25, 0.3) is 0 Å². The first-order chi connectivity index (χ1) is 10.3. The molecule has 0 N–H and O–H groups in total. The summed E-state index contributed by atoms with van der Waals surface area (Å²) >= 11 is 1.57. The van der Waals surface area contributed by atoms with Gasteiger partial charge in [0.1, 0.15) is 0 Å². The Labute approximate surface area is 128 Å². The molecule has 1 aliphatic carbocycles. The second kappa shape index (κ2) is 5.26. The second-order valence-corrected chi connectivity index (χ2v) is 6.94. The zero-order valence-corrected chi connectivity index (χ0v) is 12.7. The minimum absolute atomic E-state index is 0.537. The van der Waals surface area contributed by atoms with Gasteiger partial charge in [0.05, 0.1) is 10.6 Å². The number of hydrogen-bond donors (Lipinski definition) is 0. The highest BCUT2D eigenvalue weighted by molar-refractivity contribution is 7.17. The maximum Gasteiger partial charge on any atom is 0.186 e. The zero-order valence-electron chi connectivity index (χ0n) is 11.9. The van der Waals surface area contributed by atoms with Crippen LogP contribution in [0.1, 0.15) is 51.7 Å². The molecule has 3 nitrogen and oxygen atoms in total. The van der Waals surface area contributed by atoms with Crippen LogP contribution in [0.25, 0.3) is 0 Å². The van der Waals surface area contributed by atoms with Gasteiger partial charge in [-0.2, -0.15) is 0 Å². The van der Waals surface area contributed by atoms with Crippen molar-refractivity contribution < 1.29 is 4.79 Å². The van der Waals surface area contributed by atoms with E-state index in [1.165, 1.54) is 24.0 Å². The maximum atomic E-state index is 11.3. The normalized spacial score (nSPS) is 18.2. The van der Waals surface area contributed by atoms with E-state index in [2.05, 4.69) is 29.2 Å². The third-order valence-corrected chi connectivity index (χ3v) is 5.42. The summed E-state index contributed by atoms with van der Waals surface area (Å²) < 4.78 is 0. The molecule has 4 rings (SSSR count). The first-order valence-electron chi connectivity index (χ1n) is 7.63. The first-order valence-corrected chi connectivity index (χ1v) is 8.44. The highest BCUT2D eigenvalue weighted by Gasteiger charge is 2.30. The van der Waals surface area contributed by atoms with Crippen LogP contribution in [-0.4, -0.2) is 17.8 Å². The smallest absolute Gasteiger partial charge is 0.186 e. The van der Waals surface area contributed by atoms with Gasteiger partial charge in [-0.3, -0.25) is 4.79 Å². The molecule has 2 aliphatic rings. The highest BCUT2D eigenvalue weighted by Crippen LogP contribution is 2.44. The number of anilines is 1. The van der Waals surface area contributed by atoms with Crippen LogP contribution in [0.3, 0.4) is 0 Å². The van der Waals surface area contributed by atoms with E-state index in [4.69, 9.17) is 4.98 Å². The molecule has 0 bridgehead atoms. The fourth-order valence-corrected chi connectivity index (χ4v) is 4.06. The third-order valence-electron chi connectivity index (χ3n) is 4.37. The maximum absolute atomic E-state index is 11.3. The van der Waals surface area contributed by atoms with Crippen LogP contribution >= 0.6 is 11.3 Å². The molecule has 108 valence electrons. The predicted octanol–water partition coefficient (Wildman–Crippen LogP) is 3.79. The molecule has 21 heavy (non-hydrogen) atoms. The Morgan fingerprint density at radius 1 is 1.24 bits per heavy atom. The summed E-state index contributed by atoms with van der Waals surface area (Å²) in [5.41, 5.74) is 3.89. The average molecular weight is 298 g/mol. The van der Waals surface area contributed by atoms with Gasteiger partial charge in [0, 0.05) is 19.0 Å². The van der Waals surface area contributed by atoms with Crippen LogP contribution in [0.5, 0.6) is 0 Å². The molecule has 0 saturated heterocycles. The fourth-order valence-electron chi connectivity index (χ4n) is 3.06. The lowest BCUT2D eigenvalue weighted by Gasteiger charge is -2.19. The number of carbonyl (C=O) groups is 1. The van der Waals surface area contributed by atoms with Crippen molar-refractivity contribution in [2.45, 2.75) is 38.1 Å². The standard InChI is InChI=1S/C17H18N2OS/c20-11-15-16(13-7-8-13)18-17(21-15)19-9-3-6-12-4-1-2-5-14(12)10-19/h1-2,4-5,11,13H,3,6-10H2. The lowest BCUT2D eigenvalue weighted by atomic mass is 10.0. The van der Waals surface area contributed by atoms with E-state index in [0.29, 0.717) is 5.92 Å². The second-order valence-electron chi connectivity index (χ2n) is 5.93. The number of carbonyl (C=O) groups excluding carboxylic acids is 1. The number of aldehydes is 1. The van der Waals surface area contributed by atoms with Crippen LogP contribution in [0.4, 0.5) is 5.13 Å². The number of thiazole rings is 1. The molecule has 0 spiro atoms. The van der Waals surface area contributed by atoms with Crippen molar-refractivity contribution in [1.82, 2.24) is 4.98 Å². The van der Waals surface area contributed by atoms with Gasteiger partial charge in [0.2, 0.25) is 0 Å². The van der Waals surface area contributed by atoms with E-state index in [9.17, 15) is 4.79 Å². The number of nitrogens with zero attached hydrogens (tertiary/aromatic N) is 2. The van der Waals surface area contributed by atoms with Gasteiger partial charge in [-0.15, -0.1) is 0 Å². The summed E-state index contributed by atoms with van der Waals surface area (Å²) in [6.07, 6.45) is 5.64. The predicted molar refractivity (Wildman–Crippen MR) is 85.3 cm³/mol. The molecule has 0 amide bonds. The summed E-state index contributed by atoms with van der Waals surface area (Å²) in [6, 6.07) is 8.67. The van der Waals surface area contributed by atoms with Crippen LogP contribution in [0, 0.1) is 0 Å². The number of benzene rings is 1. The van der Waals surface area contributed by atoms with Crippen molar-refractivity contribution in [3.8, 4) is 0 Å². The van der Waals surface area contributed by atoms with Crippen LogP contribution < -0.4 is 4.90 Å². The highest BCUT2D eigenvalue weighted by atomic mass is 32.1. The van der Waals surface area contributed by atoms with Crippen LogP contribution in [0.2, 0.25) is 0 Å². The average Bonchev–Trinajstić information content (AvgIpc) is 3.30. The van der Waals surface area contributed by atoms with E-state index in [1.54, 1.807) is 11.3 Å². The van der Waals surface area contributed by atoms with E-state index >= 15 is 0 Å². The quantitative estimate of drug-likeness (QED) is 0.808. The van der Waals surface area contributed by atoms with Crippen molar-refractivity contribution >= 4 is 22.8 Å².